The van der Waals surface area contributed by atoms with Crippen molar-refractivity contribution in [1.82, 2.24) is 14.8 Å². The van der Waals surface area contributed by atoms with E-state index >= 15 is 0 Å². The molecule has 3 rings (SSSR count). The molecule has 1 aromatic rings. The molecule has 1 aromatic heterocycles. The molecule has 3 heterocycles. The van der Waals surface area contributed by atoms with Crippen LogP contribution in [-0.2, 0) is 13.1 Å². The molecule has 2 unspecified atom stereocenters. The molecule has 2 atom stereocenters. The molecule has 1 fully saturated rings. The Morgan fingerprint density at radius 2 is 2.26 bits per heavy atom. The summed E-state index contributed by atoms with van der Waals surface area (Å²) < 4.78 is 2.06. The van der Waals surface area contributed by atoms with Gasteiger partial charge in [-0.1, -0.05) is 0 Å². The summed E-state index contributed by atoms with van der Waals surface area (Å²) in [5.41, 5.74) is 7.72. The zero-order valence-electron chi connectivity index (χ0n) is 10.9. The first-order valence-electron chi connectivity index (χ1n) is 6.77. The van der Waals surface area contributed by atoms with E-state index in [4.69, 9.17) is 5.73 Å². The minimum atomic E-state index is -0.509. The first-order chi connectivity index (χ1) is 9.15. The smallest absolute Gasteiger partial charge is 0.270 e. The van der Waals surface area contributed by atoms with Crippen LogP contribution in [-0.4, -0.2) is 52.3 Å². The second-order valence-corrected chi connectivity index (χ2v) is 5.40. The molecule has 1 saturated heterocycles. The number of likely N-dealkylation sites (tertiary alicyclic amines) is 1. The Kier molecular flexibility index (Phi) is 3.30. The second-order valence-electron chi connectivity index (χ2n) is 5.40. The zero-order chi connectivity index (χ0) is 13.4. The fourth-order valence-electron chi connectivity index (χ4n) is 2.96. The van der Waals surface area contributed by atoms with E-state index in [2.05, 4.69) is 9.88 Å². The van der Waals surface area contributed by atoms with E-state index in [0.29, 0.717) is 25.2 Å². The Bertz CT molecular complexity index is 475. The van der Waals surface area contributed by atoms with Gasteiger partial charge in [-0.2, -0.15) is 0 Å². The van der Waals surface area contributed by atoms with Crippen LogP contribution in [0.15, 0.2) is 12.1 Å². The maximum absolute atomic E-state index is 12.5. The molecule has 104 valence electrons. The van der Waals surface area contributed by atoms with Gasteiger partial charge >= 0.3 is 0 Å². The third kappa shape index (κ3) is 2.39. The van der Waals surface area contributed by atoms with E-state index in [1.807, 2.05) is 12.1 Å². The average molecular weight is 264 g/mol. The highest BCUT2D eigenvalue weighted by molar-refractivity contribution is 5.93. The van der Waals surface area contributed by atoms with Crippen LogP contribution >= 0.6 is 0 Å². The molecule has 2 aliphatic heterocycles. The van der Waals surface area contributed by atoms with Crippen molar-refractivity contribution in [3.63, 3.8) is 0 Å². The number of piperidine rings is 1. The lowest BCUT2D eigenvalue weighted by molar-refractivity contribution is 0.0414. The highest BCUT2D eigenvalue weighted by Gasteiger charge is 2.29. The van der Waals surface area contributed by atoms with Gasteiger partial charge in [0, 0.05) is 44.5 Å². The summed E-state index contributed by atoms with van der Waals surface area (Å²) in [5, 5.41) is 13.0. The molecular weight excluding hydrogens is 244 g/mol. The molecule has 19 heavy (non-hydrogen) atoms. The molecule has 0 saturated carbocycles. The summed E-state index contributed by atoms with van der Waals surface area (Å²) in [6, 6.07) is 3.72. The second kappa shape index (κ2) is 4.96. The van der Waals surface area contributed by atoms with E-state index in [9.17, 15) is 9.90 Å². The van der Waals surface area contributed by atoms with Gasteiger partial charge in [0.05, 0.1) is 6.10 Å². The largest absolute Gasteiger partial charge is 0.391 e. The van der Waals surface area contributed by atoms with Gasteiger partial charge in [0.25, 0.3) is 5.91 Å². The molecule has 6 nitrogen and oxygen atoms in total. The van der Waals surface area contributed by atoms with E-state index in [0.717, 1.165) is 25.3 Å². The number of nitrogens with zero attached hydrogens (tertiary/aromatic N) is 2. The fourth-order valence-corrected chi connectivity index (χ4v) is 2.96. The number of aliphatic hydroxyl groups is 1. The van der Waals surface area contributed by atoms with E-state index in [1.54, 1.807) is 4.90 Å². The van der Waals surface area contributed by atoms with Gasteiger partial charge in [0.15, 0.2) is 0 Å². The molecule has 0 aliphatic carbocycles. The van der Waals surface area contributed by atoms with Crippen LogP contribution in [0.5, 0.6) is 0 Å². The molecule has 0 bridgehead atoms. The van der Waals surface area contributed by atoms with Crippen molar-refractivity contribution in [3.8, 4) is 0 Å². The van der Waals surface area contributed by atoms with Crippen LogP contribution in [0.1, 0.15) is 22.6 Å². The van der Waals surface area contributed by atoms with E-state index < -0.39 is 6.10 Å². The minimum Gasteiger partial charge on any atom is -0.391 e. The number of β-amino-alcohol motifs (C(OH)–C–C–N with tert-alkyl or cyclic N) is 1. The van der Waals surface area contributed by atoms with Crippen molar-refractivity contribution in [1.29, 1.82) is 0 Å². The molecular formula is C13H20N4O2. The number of hydrogen-bond acceptors (Lipinski definition) is 4. The predicted octanol–water partition coefficient (Wildman–Crippen LogP) is -0.875. The molecule has 6 heteroatoms. The SMILES string of the molecule is NC1CC(O)CN(C(=O)c2ccc3n2CCNC3)C1. The van der Waals surface area contributed by atoms with E-state index in [1.165, 1.54) is 0 Å². The van der Waals surface area contributed by atoms with Gasteiger partial charge in [0.2, 0.25) is 0 Å². The Morgan fingerprint density at radius 1 is 1.42 bits per heavy atom. The van der Waals surface area contributed by atoms with Gasteiger partial charge < -0.3 is 25.6 Å². The number of nitrogens with one attached hydrogen (secondary N) is 1. The van der Waals surface area contributed by atoms with Gasteiger partial charge in [-0.15, -0.1) is 0 Å². The summed E-state index contributed by atoms with van der Waals surface area (Å²) in [6.07, 6.45) is 0.0603. The Balaban J connectivity index is 1.82. The van der Waals surface area contributed by atoms with Crippen molar-refractivity contribution < 1.29 is 9.90 Å². The first-order valence-corrected chi connectivity index (χ1v) is 6.77. The third-order valence-corrected chi connectivity index (χ3v) is 3.86. The van der Waals surface area contributed by atoms with Gasteiger partial charge in [-0.05, 0) is 18.6 Å². The van der Waals surface area contributed by atoms with Gasteiger partial charge in [-0.25, -0.2) is 0 Å². The molecule has 0 radical (unpaired) electrons. The summed E-state index contributed by atoms with van der Waals surface area (Å²) in [7, 11) is 0. The number of rotatable bonds is 1. The topological polar surface area (TPSA) is 83.5 Å². The summed E-state index contributed by atoms with van der Waals surface area (Å²) in [5.74, 6) is -0.0256. The summed E-state index contributed by atoms with van der Waals surface area (Å²) in [4.78, 5) is 14.2. The Hall–Kier alpha value is -1.37. The van der Waals surface area contributed by atoms with E-state index in [-0.39, 0.29) is 11.9 Å². The Labute approximate surface area is 112 Å². The third-order valence-electron chi connectivity index (χ3n) is 3.86. The number of carbonyl (C=O) groups excluding carboxylic acids is 1. The van der Waals surface area contributed by atoms with Crippen molar-refractivity contribution in [2.75, 3.05) is 19.6 Å². The van der Waals surface area contributed by atoms with Crippen LogP contribution in [0.4, 0.5) is 0 Å². The number of amides is 1. The fraction of sp³-hybridized carbons (Fsp3) is 0.615. The zero-order valence-corrected chi connectivity index (χ0v) is 10.9. The Morgan fingerprint density at radius 3 is 3.05 bits per heavy atom. The van der Waals surface area contributed by atoms with Crippen molar-refractivity contribution in [2.45, 2.75) is 31.7 Å². The number of aromatic nitrogens is 1. The number of hydrogen-bond donors (Lipinski definition) is 3. The standard InChI is InChI=1S/C13H20N4O2/c14-9-5-11(18)8-16(7-9)13(19)12-2-1-10-6-15-3-4-17(10)12/h1-2,9,11,15,18H,3-8,14H2. The maximum Gasteiger partial charge on any atom is 0.270 e. The maximum atomic E-state index is 12.5. The van der Waals surface area contributed by atoms with Crippen molar-refractivity contribution in [2.24, 2.45) is 5.73 Å². The van der Waals surface area contributed by atoms with Crippen molar-refractivity contribution in [3.05, 3.63) is 23.5 Å². The highest BCUT2D eigenvalue weighted by atomic mass is 16.3. The lowest BCUT2D eigenvalue weighted by atomic mass is 10.0. The lowest BCUT2D eigenvalue weighted by Gasteiger charge is -2.34. The monoisotopic (exact) mass is 264 g/mol. The number of carbonyl (C=O) groups is 1. The summed E-state index contributed by atoms with van der Waals surface area (Å²) >= 11 is 0. The quantitative estimate of drug-likeness (QED) is 0.615. The predicted molar refractivity (Wildman–Crippen MR) is 70.6 cm³/mol. The molecule has 4 N–H and O–H groups in total. The van der Waals surface area contributed by atoms with Gasteiger partial charge in [0.1, 0.15) is 5.69 Å². The molecule has 2 aliphatic rings. The summed E-state index contributed by atoms with van der Waals surface area (Å²) in [6.45, 7) is 3.39. The molecule has 0 aromatic carbocycles. The van der Waals surface area contributed by atoms with Crippen molar-refractivity contribution >= 4 is 5.91 Å². The highest BCUT2D eigenvalue weighted by Crippen LogP contribution is 2.17. The number of nitrogens with two attached hydrogens (primary N) is 1. The lowest BCUT2D eigenvalue weighted by Crippen LogP contribution is -2.51. The molecule has 1 amide bonds. The van der Waals surface area contributed by atoms with Gasteiger partial charge in [-0.3, -0.25) is 4.79 Å². The normalized spacial score (nSPS) is 27.2. The van der Waals surface area contributed by atoms with Crippen LogP contribution < -0.4 is 11.1 Å². The van der Waals surface area contributed by atoms with Crippen LogP contribution in [0.25, 0.3) is 0 Å². The van der Waals surface area contributed by atoms with Crippen LogP contribution in [0.2, 0.25) is 0 Å². The number of fused-ring (bicyclic) bond motifs is 1. The minimum absolute atomic E-state index is 0.0256. The molecule has 0 spiro atoms. The average Bonchev–Trinajstić information content (AvgIpc) is 2.80. The number of aliphatic hydroxyl groups excluding tert-OH is 1. The van der Waals surface area contributed by atoms with Crippen LogP contribution in [0.3, 0.4) is 0 Å². The van der Waals surface area contributed by atoms with Crippen LogP contribution in [0, 0.1) is 0 Å². The first kappa shape index (κ1) is 12.7.